The highest BCUT2D eigenvalue weighted by Gasteiger charge is 2.39. The van der Waals surface area contributed by atoms with Crippen LogP contribution in [0.1, 0.15) is 25.7 Å². The SMILES string of the molecule is CN(C1CC2CCC(C1)N2)S(=O)(=O)c1cc(F)ccc1Cl. The van der Waals surface area contributed by atoms with Crippen LogP contribution in [0.15, 0.2) is 23.1 Å². The Labute approximate surface area is 129 Å². The van der Waals surface area contributed by atoms with E-state index in [-0.39, 0.29) is 16.0 Å². The van der Waals surface area contributed by atoms with Crippen LogP contribution in [0, 0.1) is 5.82 Å². The molecule has 2 unspecified atom stereocenters. The summed E-state index contributed by atoms with van der Waals surface area (Å²) < 4.78 is 40.1. The van der Waals surface area contributed by atoms with E-state index in [2.05, 4.69) is 5.32 Å². The zero-order chi connectivity index (χ0) is 15.2. The zero-order valence-electron chi connectivity index (χ0n) is 11.7. The van der Waals surface area contributed by atoms with E-state index in [0.29, 0.717) is 12.1 Å². The standard InChI is InChI=1S/C14H18ClFN2O2S/c1-18(12-7-10-3-4-11(8-12)17-10)21(19,20)14-6-9(16)2-5-13(14)15/h2,5-6,10-12,17H,3-4,7-8H2,1H3. The molecule has 1 aromatic rings. The summed E-state index contributed by atoms with van der Waals surface area (Å²) in [5.41, 5.74) is 0. The van der Waals surface area contributed by atoms with Gasteiger partial charge in [-0.1, -0.05) is 11.6 Å². The fraction of sp³-hybridized carbons (Fsp3) is 0.571. The average molecular weight is 333 g/mol. The Kier molecular flexibility index (Phi) is 3.98. The van der Waals surface area contributed by atoms with Crippen molar-refractivity contribution in [3.63, 3.8) is 0 Å². The van der Waals surface area contributed by atoms with Crippen molar-refractivity contribution in [1.29, 1.82) is 0 Å². The van der Waals surface area contributed by atoms with Crippen molar-refractivity contribution in [2.75, 3.05) is 7.05 Å². The molecule has 0 radical (unpaired) electrons. The molecule has 7 heteroatoms. The van der Waals surface area contributed by atoms with E-state index in [4.69, 9.17) is 11.6 Å². The Bertz CT molecular complexity index is 640. The molecule has 2 aliphatic heterocycles. The first kappa shape index (κ1) is 15.2. The smallest absolute Gasteiger partial charge is 0.244 e. The molecular formula is C14H18ClFN2O2S. The van der Waals surface area contributed by atoms with Gasteiger partial charge in [-0.15, -0.1) is 0 Å². The van der Waals surface area contributed by atoms with Gasteiger partial charge in [-0.3, -0.25) is 0 Å². The number of rotatable bonds is 3. The Hall–Kier alpha value is -0.690. The molecular weight excluding hydrogens is 315 g/mol. The average Bonchev–Trinajstić information content (AvgIpc) is 2.79. The third-order valence-electron chi connectivity index (χ3n) is 4.51. The van der Waals surface area contributed by atoms with Gasteiger partial charge < -0.3 is 5.32 Å². The van der Waals surface area contributed by atoms with Gasteiger partial charge >= 0.3 is 0 Å². The van der Waals surface area contributed by atoms with Crippen LogP contribution in [0.3, 0.4) is 0 Å². The maximum Gasteiger partial charge on any atom is 0.244 e. The van der Waals surface area contributed by atoms with E-state index in [1.165, 1.54) is 10.4 Å². The van der Waals surface area contributed by atoms with Crippen LogP contribution in [0.2, 0.25) is 5.02 Å². The minimum atomic E-state index is -3.78. The molecule has 2 fully saturated rings. The lowest BCUT2D eigenvalue weighted by Gasteiger charge is -2.35. The van der Waals surface area contributed by atoms with Crippen molar-refractivity contribution >= 4 is 21.6 Å². The van der Waals surface area contributed by atoms with Gasteiger partial charge in [0.2, 0.25) is 10.0 Å². The van der Waals surface area contributed by atoms with Crippen molar-refractivity contribution in [2.24, 2.45) is 0 Å². The van der Waals surface area contributed by atoms with Crippen molar-refractivity contribution in [2.45, 2.75) is 48.7 Å². The van der Waals surface area contributed by atoms with Gasteiger partial charge in [0.05, 0.1) is 5.02 Å². The van der Waals surface area contributed by atoms with Crippen LogP contribution >= 0.6 is 11.6 Å². The first-order chi connectivity index (χ1) is 9.88. The summed E-state index contributed by atoms with van der Waals surface area (Å²) in [4.78, 5) is -0.155. The minimum absolute atomic E-state index is 0.0557. The van der Waals surface area contributed by atoms with Crippen LogP contribution in [0.4, 0.5) is 4.39 Å². The lowest BCUT2D eigenvalue weighted by atomic mass is 10.0. The molecule has 0 aromatic heterocycles. The number of halogens is 2. The summed E-state index contributed by atoms with van der Waals surface area (Å²) in [7, 11) is -2.22. The fourth-order valence-corrected chi connectivity index (χ4v) is 5.21. The third kappa shape index (κ3) is 2.82. The maximum absolute atomic E-state index is 13.4. The maximum atomic E-state index is 13.4. The molecule has 2 heterocycles. The van der Waals surface area contributed by atoms with Crippen molar-refractivity contribution < 1.29 is 12.8 Å². The molecule has 4 nitrogen and oxygen atoms in total. The van der Waals surface area contributed by atoms with Gasteiger partial charge in [0.25, 0.3) is 0 Å². The first-order valence-electron chi connectivity index (χ1n) is 7.07. The van der Waals surface area contributed by atoms with E-state index in [1.54, 1.807) is 7.05 Å². The Morgan fingerprint density at radius 1 is 1.29 bits per heavy atom. The summed E-state index contributed by atoms with van der Waals surface area (Å²) in [5.74, 6) is -0.600. The van der Waals surface area contributed by atoms with E-state index in [9.17, 15) is 12.8 Å². The highest BCUT2D eigenvalue weighted by Crippen LogP contribution is 2.33. The monoisotopic (exact) mass is 332 g/mol. The largest absolute Gasteiger partial charge is 0.311 e. The molecule has 0 spiro atoms. The van der Waals surface area contributed by atoms with Crippen molar-refractivity contribution in [3.05, 3.63) is 29.0 Å². The number of nitrogens with one attached hydrogen (secondary N) is 1. The van der Waals surface area contributed by atoms with Gasteiger partial charge in [-0.05, 0) is 43.9 Å². The zero-order valence-corrected chi connectivity index (χ0v) is 13.3. The van der Waals surface area contributed by atoms with Crippen LogP contribution in [-0.4, -0.2) is 37.9 Å². The number of nitrogens with zero attached hydrogens (tertiary/aromatic N) is 1. The lowest BCUT2D eigenvalue weighted by molar-refractivity contribution is 0.251. The second-order valence-electron chi connectivity index (χ2n) is 5.86. The van der Waals surface area contributed by atoms with Gasteiger partial charge in [-0.25, -0.2) is 12.8 Å². The molecule has 2 aliphatic rings. The molecule has 1 N–H and O–H groups in total. The second kappa shape index (κ2) is 5.50. The topological polar surface area (TPSA) is 49.4 Å². The molecule has 3 rings (SSSR count). The third-order valence-corrected chi connectivity index (χ3v) is 6.90. The van der Waals surface area contributed by atoms with Crippen LogP contribution in [0.25, 0.3) is 0 Å². The van der Waals surface area contributed by atoms with Crippen molar-refractivity contribution in [1.82, 2.24) is 9.62 Å². The number of piperidine rings is 1. The Morgan fingerprint density at radius 2 is 1.90 bits per heavy atom. The summed E-state index contributed by atoms with van der Waals surface area (Å²) >= 11 is 5.95. The molecule has 0 aliphatic carbocycles. The Morgan fingerprint density at radius 3 is 2.52 bits per heavy atom. The molecule has 116 valence electrons. The number of fused-ring (bicyclic) bond motifs is 2. The summed E-state index contributed by atoms with van der Waals surface area (Å²) in [6, 6.07) is 4.14. The van der Waals surface area contributed by atoms with E-state index in [0.717, 1.165) is 37.8 Å². The first-order valence-corrected chi connectivity index (χ1v) is 8.89. The number of benzene rings is 1. The molecule has 1 aromatic carbocycles. The van der Waals surface area contributed by atoms with Gasteiger partial charge in [-0.2, -0.15) is 4.31 Å². The molecule has 21 heavy (non-hydrogen) atoms. The quantitative estimate of drug-likeness (QED) is 0.924. The van der Waals surface area contributed by atoms with E-state index in [1.807, 2.05) is 0 Å². The van der Waals surface area contributed by atoms with Gasteiger partial charge in [0.1, 0.15) is 10.7 Å². The number of hydrogen-bond donors (Lipinski definition) is 1. The molecule has 0 amide bonds. The summed E-state index contributed by atoms with van der Waals surface area (Å²) in [5, 5.41) is 3.54. The molecule has 2 bridgehead atoms. The number of hydrogen-bond acceptors (Lipinski definition) is 3. The van der Waals surface area contributed by atoms with Crippen LogP contribution < -0.4 is 5.32 Å². The minimum Gasteiger partial charge on any atom is -0.311 e. The molecule has 2 saturated heterocycles. The predicted molar refractivity (Wildman–Crippen MR) is 79.3 cm³/mol. The van der Waals surface area contributed by atoms with E-state index < -0.39 is 15.8 Å². The molecule has 0 saturated carbocycles. The normalized spacial score (nSPS) is 29.0. The predicted octanol–water partition coefficient (Wildman–Crippen LogP) is 2.38. The van der Waals surface area contributed by atoms with Crippen LogP contribution in [0.5, 0.6) is 0 Å². The summed E-state index contributed by atoms with van der Waals surface area (Å²) in [6.45, 7) is 0. The van der Waals surface area contributed by atoms with E-state index >= 15 is 0 Å². The molecule has 2 atom stereocenters. The lowest BCUT2D eigenvalue weighted by Crippen LogP contribution is -2.48. The number of sulfonamides is 1. The fourth-order valence-electron chi connectivity index (χ4n) is 3.35. The van der Waals surface area contributed by atoms with Gasteiger partial charge in [0, 0.05) is 25.2 Å². The Balaban J connectivity index is 1.89. The second-order valence-corrected chi connectivity index (χ2v) is 8.23. The highest BCUT2D eigenvalue weighted by molar-refractivity contribution is 7.89. The van der Waals surface area contributed by atoms with Crippen molar-refractivity contribution in [3.8, 4) is 0 Å². The summed E-state index contributed by atoms with van der Waals surface area (Å²) in [6.07, 6.45) is 3.77. The highest BCUT2D eigenvalue weighted by atomic mass is 35.5. The van der Waals surface area contributed by atoms with Crippen LogP contribution in [-0.2, 0) is 10.0 Å². The van der Waals surface area contributed by atoms with Gasteiger partial charge in [0.15, 0.2) is 0 Å².